The normalized spacial score (nSPS) is 23.1. The van der Waals surface area contributed by atoms with Crippen molar-refractivity contribution in [1.29, 1.82) is 0 Å². The summed E-state index contributed by atoms with van der Waals surface area (Å²) in [4.78, 5) is 25.1. The summed E-state index contributed by atoms with van der Waals surface area (Å²) in [5.74, 6) is -0.434. The molecular formula is C15H28N2O3S. The lowest BCUT2D eigenvalue weighted by molar-refractivity contribution is -0.141. The SMILES string of the molecule is CCCCCCC(C)NC(=O)N1C(CC)SCC1C(=O)O. The summed E-state index contributed by atoms with van der Waals surface area (Å²) in [6.45, 7) is 6.15. The maximum atomic E-state index is 12.4. The zero-order valence-corrected chi connectivity index (χ0v) is 14.1. The van der Waals surface area contributed by atoms with E-state index in [9.17, 15) is 14.7 Å². The summed E-state index contributed by atoms with van der Waals surface area (Å²) in [5, 5.41) is 12.2. The number of hydrogen-bond donors (Lipinski definition) is 2. The van der Waals surface area contributed by atoms with Gasteiger partial charge in [0.1, 0.15) is 6.04 Å². The van der Waals surface area contributed by atoms with Crippen molar-refractivity contribution in [2.24, 2.45) is 0 Å². The number of nitrogens with zero attached hydrogens (tertiary/aromatic N) is 1. The van der Waals surface area contributed by atoms with Crippen LogP contribution in [0.25, 0.3) is 0 Å². The Bertz CT molecular complexity index is 352. The van der Waals surface area contributed by atoms with E-state index >= 15 is 0 Å². The van der Waals surface area contributed by atoms with Gasteiger partial charge in [0.05, 0.1) is 5.37 Å². The van der Waals surface area contributed by atoms with Crippen LogP contribution in [0, 0.1) is 0 Å². The lowest BCUT2D eigenvalue weighted by Crippen LogP contribution is -2.51. The van der Waals surface area contributed by atoms with E-state index in [0.717, 1.165) is 19.3 Å². The molecule has 0 aromatic heterocycles. The Kier molecular flexibility index (Phi) is 7.93. The number of amides is 2. The number of carbonyl (C=O) groups is 2. The van der Waals surface area contributed by atoms with Crippen molar-refractivity contribution in [2.75, 3.05) is 5.75 Å². The molecule has 6 heteroatoms. The number of urea groups is 1. The number of hydrogen-bond acceptors (Lipinski definition) is 3. The highest BCUT2D eigenvalue weighted by Gasteiger charge is 2.40. The number of aliphatic carboxylic acids is 1. The number of rotatable bonds is 8. The number of carboxylic acid groups (broad SMARTS) is 1. The number of unbranched alkanes of at least 4 members (excludes halogenated alkanes) is 3. The van der Waals surface area contributed by atoms with Gasteiger partial charge in [-0.1, -0.05) is 39.5 Å². The van der Waals surface area contributed by atoms with E-state index < -0.39 is 12.0 Å². The van der Waals surface area contributed by atoms with Gasteiger partial charge >= 0.3 is 12.0 Å². The summed E-state index contributed by atoms with van der Waals surface area (Å²) in [6, 6.07) is -0.846. The van der Waals surface area contributed by atoms with Gasteiger partial charge in [-0.2, -0.15) is 0 Å². The Hall–Kier alpha value is -0.910. The standard InChI is InChI=1S/C15H28N2O3S/c1-4-6-7-8-9-11(3)16-15(20)17-12(14(18)19)10-21-13(17)5-2/h11-13H,4-10H2,1-3H3,(H,16,20)(H,18,19). The molecule has 0 aromatic carbocycles. The minimum Gasteiger partial charge on any atom is -0.480 e. The van der Waals surface area contributed by atoms with Crippen LogP contribution in [-0.4, -0.2) is 45.2 Å². The lowest BCUT2D eigenvalue weighted by atomic mass is 10.1. The zero-order valence-electron chi connectivity index (χ0n) is 13.3. The van der Waals surface area contributed by atoms with Gasteiger partial charge in [0.25, 0.3) is 0 Å². The third-order valence-corrected chi connectivity index (χ3v) is 5.28. The molecule has 5 nitrogen and oxygen atoms in total. The molecule has 1 heterocycles. The van der Waals surface area contributed by atoms with Gasteiger partial charge in [0.2, 0.25) is 0 Å². The van der Waals surface area contributed by atoms with Crippen molar-refractivity contribution in [1.82, 2.24) is 10.2 Å². The van der Waals surface area contributed by atoms with E-state index in [4.69, 9.17) is 0 Å². The summed E-state index contributed by atoms with van der Waals surface area (Å²) >= 11 is 1.55. The van der Waals surface area contributed by atoms with Crippen molar-refractivity contribution >= 4 is 23.8 Å². The quantitative estimate of drug-likeness (QED) is 0.674. The summed E-state index contributed by atoms with van der Waals surface area (Å²) in [7, 11) is 0. The highest BCUT2D eigenvalue weighted by molar-refractivity contribution is 8.00. The molecular weight excluding hydrogens is 288 g/mol. The van der Waals surface area contributed by atoms with Gasteiger partial charge in [-0.15, -0.1) is 11.8 Å². The van der Waals surface area contributed by atoms with E-state index in [1.54, 1.807) is 11.8 Å². The summed E-state index contributed by atoms with van der Waals surface area (Å²) < 4.78 is 0. The topological polar surface area (TPSA) is 69.6 Å². The molecule has 21 heavy (non-hydrogen) atoms. The molecule has 1 aliphatic heterocycles. The van der Waals surface area contributed by atoms with E-state index in [1.807, 2.05) is 13.8 Å². The first-order valence-corrected chi connectivity index (χ1v) is 8.99. The first kappa shape index (κ1) is 18.1. The second kappa shape index (κ2) is 9.18. The molecule has 0 aromatic rings. The minimum absolute atomic E-state index is 0.0293. The highest BCUT2D eigenvalue weighted by Crippen LogP contribution is 2.31. The molecule has 1 saturated heterocycles. The summed E-state index contributed by atoms with van der Waals surface area (Å²) in [6.07, 6.45) is 6.43. The molecule has 0 aliphatic carbocycles. The van der Waals surface area contributed by atoms with Crippen molar-refractivity contribution in [3.05, 3.63) is 0 Å². The number of nitrogens with one attached hydrogen (secondary N) is 1. The molecule has 1 aliphatic rings. The van der Waals surface area contributed by atoms with E-state index in [1.165, 1.54) is 24.2 Å². The van der Waals surface area contributed by atoms with Crippen LogP contribution >= 0.6 is 11.8 Å². The number of carbonyl (C=O) groups excluding carboxylic acids is 1. The van der Waals surface area contributed by atoms with Crippen molar-refractivity contribution in [3.63, 3.8) is 0 Å². The van der Waals surface area contributed by atoms with Gasteiger partial charge in [0.15, 0.2) is 0 Å². The maximum absolute atomic E-state index is 12.4. The van der Waals surface area contributed by atoms with Crippen LogP contribution in [0.3, 0.4) is 0 Å². The van der Waals surface area contributed by atoms with Crippen LogP contribution in [0.2, 0.25) is 0 Å². The predicted octanol–water partition coefficient (Wildman–Crippen LogP) is 3.29. The molecule has 2 N–H and O–H groups in total. The number of carboxylic acids is 1. The molecule has 0 bridgehead atoms. The molecule has 2 amide bonds. The van der Waals surface area contributed by atoms with E-state index in [-0.39, 0.29) is 17.4 Å². The van der Waals surface area contributed by atoms with Gasteiger partial charge in [-0.05, 0) is 19.8 Å². The highest BCUT2D eigenvalue weighted by atomic mass is 32.2. The van der Waals surface area contributed by atoms with Crippen molar-refractivity contribution in [3.8, 4) is 0 Å². The average Bonchev–Trinajstić information content (AvgIpc) is 2.87. The smallest absolute Gasteiger partial charge is 0.327 e. The largest absolute Gasteiger partial charge is 0.480 e. The van der Waals surface area contributed by atoms with Gasteiger partial charge in [-0.25, -0.2) is 9.59 Å². The Labute approximate surface area is 131 Å². The molecule has 1 fully saturated rings. The van der Waals surface area contributed by atoms with Gasteiger partial charge < -0.3 is 10.4 Å². The first-order chi connectivity index (χ1) is 10.0. The van der Waals surface area contributed by atoms with E-state index in [0.29, 0.717) is 5.75 Å². The first-order valence-electron chi connectivity index (χ1n) is 7.94. The fraction of sp³-hybridized carbons (Fsp3) is 0.867. The molecule has 122 valence electrons. The van der Waals surface area contributed by atoms with Gasteiger partial charge in [0, 0.05) is 11.8 Å². The zero-order chi connectivity index (χ0) is 15.8. The van der Waals surface area contributed by atoms with Crippen molar-refractivity contribution < 1.29 is 14.7 Å². The van der Waals surface area contributed by atoms with Crippen molar-refractivity contribution in [2.45, 2.75) is 76.8 Å². The van der Waals surface area contributed by atoms with Crippen LogP contribution in [0.15, 0.2) is 0 Å². The molecule has 3 atom stereocenters. The molecule has 0 saturated carbocycles. The van der Waals surface area contributed by atoms with Crippen LogP contribution in [0.5, 0.6) is 0 Å². The Morgan fingerprint density at radius 1 is 1.33 bits per heavy atom. The molecule has 0 spiro atoms. The van der Waals surface area contributed by atoms with Crippen LogP contribution in [0.1, 0.15) is 59.3 Å². The predicted molar refractivity (Wildman–Crippen MR) is 86.6 cm³/mol. The van der Waals surface area contributed by atoms with Crippen LogP contribution in [0.4, 0.5) is 4.79 Å². The van der Waals surface area contributed by atoms with Gasteiger partial charge in [-0.3, -0.25) is 4.90 Å². The molecule has 0 radical (unpaired) electrons. The van der Waals surface area contributed by atoms with Crippen LogP contribution in [-0.2, 0) is 4.79 Å². The molecule has 1 rings (SSSR count). The monoisotopic (exact) mass is 316 g/mol. The third-order valence-electron chi connectivity index (χ3n) is 3.82. The summed E-state index contributed by atoms with van der Waals surface area (Å²) in [5.41, 5.74) is 0. The lowest BCUT2D eigenvalue weighted by Gasteiger charge is -2.28. The Morgan fingerprint density at radius 2 is 2.05 bits per heavy atom. The maximum Gasteiger partial charge on any atom is 0.327 e. The van der Waals surface area contributed by atoms with E-state index in [2.05, 4.69) is 12.2 Å². The minimum atomic E-state index is -0.913. The second-order valence-corrected chi connectivity index (χ2v) is 6.87. The fourth-order valence-electron chi connectivity index (χ4n) is 2.58. The number of thioether (sulfide) groups is 1. The van der Waals surface area contributed by atoms with Crippen LogP contribution < -0.4 is 5.32 Å². The Balaban J connectivity index is 2.49. The molecule has 3 unspecified atom stereocenters. The Morgan fingerprint density at radius 3 is 2.62 bits per heavy atom. The third kappa shape index (κ3) is 5.41. The fourth-order valence-corrected chi connectivity index (χ4v) is 3.92. The second-order valence-electron chi connectivity index (χ2n) is 5.66. The average molecular weight is 316 g/mol.